The van der Waals surface area contributed by atoms with Gasteiger partial charge in [-0.1, -0.05) is 0 Å². The van der Waals surface area contributed by atoms with Crippen molar-refractivity contribution < 1.29 is 13.9 Å². The first-order valence-corrected chi connectivity index (χ1v) is 5.25. The van der Waals surface area contributed by atoms with E-state index in [0.29, 0.717) is 19.8 Å². The largest absolute Gasteiger partial charge is 0.472 e. The number of carbonyl (C=O) groups excluding carboxylic acids is 1. The van der Waals surface area contributed by atoms with Gasteiger partial charge in [-0.25, -0.2) is 0 Å². The summed E-state index contributed by atoms with van der Waals surface area (Å²) in [5.41, 5.74) is 6.17. The third-order valence-electron chi connectivity index (χ3n) is 3.07. The second-order valence-electron chi connectivity index (χ2n) is 4.35. The Kier molecular flexibility index (Phi) is 2.98. The summed E-state index contributed by atoms with van der Waals surface area (Å²) in [5.74, 6) is -0.0706. The summed E-state index contributed by atoms with van der Waals surface area (Å²) in [5, 5.41) is 2.84. The van der Waals surface area contributed by atoms with E-state index in [1.807, 2.05) is 13.0 Å². The number of hydrogen-bond acceptors (Lipinski definition) is 4. The second kappa shape index (κ2) is 4.27. The van der Waals surface area contributed by atoms with Crippen LogP contribution in [0.1, 0.15) is 12.5 Å². The van der Waals surface area contributed by atoms with E-state index in [4.69, 9.17) is 14.9 Å². The van der Waals surface area contributed by atoms with Crippen molar-refractivity contribution in [3.8, 4) is 0 Å². The first kappa shape index (κ1) is 11.2. The van der Waals surface area contributed by atoms with Gasteiger partial charge in [-0.05, 0) is 13.0 Å². The lowest BCUT2D eigenvalue weighted by Crippen LogP contribution is -2.49. The van der Waals surface area contributed by atoms with E-state index in [2.05, 4.69) is 5.32 Å². The van der Waals surface area contributed by atoms with Crippen molar-refractivity contribution in [3.05, 3.63) is 24.2 Å². The van der Waals surface area contributed by atoms with Crippen molar-refractivity contribution >= 4 is 5.91 Å². The molecule has 2 atom stereocenters. The number of carbonyl (C=O) groups is 1. The maximum atomic E-state index is 12.0. The van der Waals surface area contributed by atoms with Crippen LogP contribution in [0.5, 0.6) is 0 Å². The summed E-state index contributed by atoms with van der Waals surface area (Å²) in [4.78, 5) is 12.0. The molecule has 0 spiro atoms. The Morgan fingerprint density at radius 3 is 3.12 bits per heavy atom. The van der Waals surface area contributed by atoms with Crippen LogP contribution in [0.4, 0.5) is 0 Å². The lowest BCUT2D eigenvalue weighted by Gasteiger charge is -2.25. The Balaban J connectivity index is 1.93. The van der Waals surface area contributed by atoms with Gasteiger partial charge in [0.25, 0.3) is 0 Å². The SMILES string of the molecule is CC1(C(=O)NCc2ccoc2)COCC1N. The van der Waals surface area contributed by atoms with Crippen LogP contribution in [-0.4, -0.2) is 25.2 Å². The monoisotopic (exact) mass is 224 g/mol. The Labute approximate surface area is 93.9 Å². The molecule has 88 valence electrons. The Hall–Kier alpha value is -1.33. The van der Waals surface area contributed by atoms with E-state index in [9.17, 15) is 4.79 Å². The summed E-state index contributed by atoms with van der Waals surface area (Å²) >= 11 is 0. The number of ether oxygens (including phenoxy) is 1. The summed E-state index contributed by atoms with van der Waals surface area (Å²) in [6.07, 6.45) is 3.18. The molecule has 1 aliphatic rings. The molecule has 1 aromatic heterocycles. The zero-order chi connectivity index (χ0) is 11.6. The van der Waals surface area contributed by atoms with E-state index in [1.54, 1.807) is 12.5 Å². The predicted molar refractivity (Wildman–Crippen MR) is 57.5 cm³/mol. The highest BCUT2D eigenvalue weighted by molar-refractivity contribution is 5.83. The third-order valence-corrected chi connectivity index (χ3v) is 3.07. The van der Waals surface area contributed by atoms with Gasteiger partial charge in [0.2, 0.25) is 5.91 Å². The summed E-state index contributed by atoms with van der Waals surface area (Å²) in [6, 6.07) is 1.57. The zero-order valence-electron chi connectivity index (χ0n) is 9.23. The molecule has 1 aliphatic heterocycles. The van der Waals surface area contributed by atoms with Crippen LogP contribution in [-0.2, 0) is 16.1 Å². The summed E-state index contributed by atoms with van der Waals surface area (Å²) in [7, 11) is 0. The molecule has 5 heteroatoms. The first-order chi connectivity index (χ1) is 7.63. The Morgan fingerprint density at radius 1 is 1.75 bits per heavy atom. The lowest BCUT2D eigenvalue weighted by molar-refractivity contribution is -0.130. The molecular formula is C11H16N2O3. The van der Waals surface area contributed by atoms with Gasteiger partial charge in [0, 0.05) is 18.2 Å². The number of nitrogens with one attached hydrogen (secondary N) is 1. The van der Waals surface area contributed by atoms with Crippen LogP contribution in [0.3, 0.4) is 0 Å². The van der Waals surface area contributed by atoms with Crippen LogP contribution >= 0.6 is 0 Å². The number of amides is 1. The minimum Gasteiger partial charge on any atom is -0.472 e. The van der Waals surface area contributed by atoms with Crippen LogP contribution in [0.2, 0.25) is 0 Å². The second-order valence-corrected chi connectivity index (χ2v) is 4.35. The van der Waals surface area contributed by atoms with E-state index < -0.39 is 5.41 Å². The molecule has 0 aromatic carbocycles. The maximum absolute atomic E-state index is 12.0. The fraction of sp³-hybridized carbons (Fsp3) is 0.545. The minimum atomic E-state index is -0.621. The van der Waals surface area contributed by atoms with Gasteiger partial charge >= 0.3 is 0 Å². The Morgan fingerprint density at radius 2 is 2.56 bits per heavy atom. The molecule has 1 amide bonds. The lowest BCUT2D eigenvalue weighted by atomic mass is 9.85. The number of rotatable bonds is 3. The van der Waals surface area contributed by atoms with E-state index in [1.165, 1.54) is 0 Å². The molecular weight excluding hydrogens is 208 g/mol. The van der Waals surface area contributed by atoms with Crippen LogP contribution in [0, 0.1) is 5.41 Å². The molecule has 2 heterocycles. The topological polar surface area (TPSA) is 77.5 Å². The number of hydrogen-bond donors (Lipinski definition) is 2. The van der Waals surface area contributed by atoms with Gasteiger partial charge in [0.1, 0.15) is 0 Å². The van der Waals surface area contributed by atoms with Crippen molar-refractivity contribution in [3.63, 3.8) is 0 Å². The summed E-state index contributed by atoms with van der Waals surface area (Å²) < 4.78 is 10.1. The van der Waals surface area contributed by atoms with Crippen molar-refractivity contribution in [1.29, 1.82) is 0 Å². The van der Waals surface area contributed by atoms with Crippen LogP contribution < -0.4 is 11.1 Å². The number of nitrogens with two attached hydrogens (primary N) is 1. The van der Waals surface area contributed by atoms with Gasteiger partial charge in [0.15, 0.2) is 0 Å². The highest BCUT2D eigenvalue weighted by atomic mass is 16.5. The molecule has 5 nitrogen and oxygen atoms in total. The standard InChI is InChI=1S/C11H16N2O3/c1-11(7-16-6-9(11)12)10(14)13-4-8-2-3-15-5-8/h2-3,5,9H,4,6-7,12H2,1H3,(H,13,14). The Bertz CT molecular complexity index is 363. The van der Waals surface area contributed by atoms with E-state index in [-0.39, 0.29) is 11.9 Å². The van der Waals surface area contributed by atoms with Gasteiger partial charge in [-0.3, -0.25) is 4.79 Å². The molecule has 3 N–H and O–H groups in total. The molecule has 0 saturated carbocycles. The van der Waals surface area contributed by atoms with Crippen molar-refractivity contribution in [1.82, 2.24) is 5.32 Å². The van der Waals surface area contributed by atoms with Crippen molar-refractivity contribution in [2.45, 2.75) is 19.5 Å². The highest BCUT2D eigenvalue weighted by Crippen LogP contribution is 2.27. The molecule has 0 bridgehead atoms. The highest BCUT2D eigenvalue weighted by Gasteiger charge is 2.44. The predicted octanol–water partition coefficient (Wildman–Crippen LogP) is 0.260. The van der Waals surface area contributed by atoms with Gasteiger partial charge in [-0.15, -0.1) is 0 Å². The smallest absolute Gasteiger partial charge is 0.230 e. The van der Waals surface area contributed by atoms with Crippen molar-refractivity contribution in [2.75, 3.05) is 13.2 Å². The normalized spacial score (nSPS) is 29.2. The quantitative estimate of drug-likeness (QED) is 0.772. The molecule has 1 fully saturated rings. The molecule has 16 heavy (non-hydrogen) atoms. The average molecular weight is 224 g/mol. The maximum Gasteiger partial charge on any atom is 0.230 e. The third kappa shape index (κ3) is 1.96. The minimum absolute atomic E-state index is 0.0706. The molecule has 1 aromatic rings. The molecule has 0 aliphatic carbocycles. The van der Waals surface area contributed by atoms with Gasteiger partial charge in [0.05, 0.1) is 31.2 Å². The fourth-order valence-electron chi connectivity index (χ4n) is 1.70. The fourth-order valence-corrected chi connectivity index (χ4v) is 1.70. The molecule has 0 radical (unpaired) electrons. The van der Waals surface area contributed by atoms with Gasteiger partial charge in [-0.2, -0.15) is 0 Å². The molecule has 2 rings (SSSR count). The molecule has 2 unspecified atom stereocenters. The molecule has 1 saturated heterocycles. The van der Waals surface area contributed by atoms with E-state index >= 15 is 0 Å². The van der Waals surface area contributed by atoms with Crippen LogP contribution in [0.15, 0.2) is 23.0 Å². The van der Waals surface area contributed by atoms with Gasteiger partial charge < -0.3 is 20.2 Å². The first-order valence-electron chi connectivity index (χ1n) is 5.25. The van der Waals surface area contributed by atoms with E-state index in [0.717, 1.165) is 5.56 Å². The van der Waals surface area contributed by atoms with Crippen molar-refractivity contribution in [2.24, 2.45) is 11.1 Å². The zero-order valence-corrected chi connectivity index (χ0v) is 9.23. The number of furan rings is 1. The summed E-state index contributed by atoms with van der Waals surface area (Å²) in [6.45, 7) is 3.11. The average Bonchev–Trinajstić information content (AvgIpc) is 2.87. The van der Waals surface area contributed by atoms with Crippen LogP contribution in [0.25, 0.3) is 0 Å².